The van der Waals surface area contributed by atoms with Gasteiger partial charge in [-0.15, -0.1) is 0 Å². The standard InChI is InChI=1S/C53H102/c1-5-9-13-17-21-25-29-33-37-41-45-50-49-51(46-42-38-34-30-26-22-18-14-10-6-2)53(48-44-40-36-32-28-24-20-16-12-8-4)52(50)47-43-39-35-31-27-23-19-15-11-7-3/h5-49H2,1-4H3. The molecule has 0 fully saturated rings. The normalized spacial score (nSPS) is 13.4. The molecular weight excluding hydrogens is 637 g/mol. The minimum Gasteiger partial charge on any atom is -0.0654 e. The molecule has 0 aromatic rings. The van der Waals surface area contributed by atoms with Gasteiger partial charge in [0.2, 0.25) is 0 Å². The van der Waals surface area contributed by atoms with Gasteiger partial charge in [-0.25, -0.2) is 0 Å². The number of unbranched alkanes of at least 4 members (excludes halogenated alkanes) is 36. The first-order valence-electron chi connectivity index (χ1n) is 25.7. The summed E-state index contributed by atoms with van der Waals surface area (Å²) in [6.07, 6.45) is 65.2. The molecule has 1 aliphatic carbocycles. The first kappa shape index (κ1) is 50.5. The summed E-state index contributed by atoms with van der Waals surface area (Å²) >= 11 is 0. The van der Waals surface area contributed by atoms with E-state index in [1.807, 2.05) is 22.3 Å². The van der Waals surface area contributed by atoms with Crippen molar-refractivity contribution in [2.75, 3.05) is 0 Å². The maximum absolute atomic E-state index is 2.33. The Morgan fingerprint density at radius 2 is 0.377 bits per heavy atom. The van der Waals surface area contributed by atoms with Gasteiger partial charge in [0, 0.05) is 0 Å². The van der Waals surface area contributed by atoms with Crippen molar-refractivity contribution in [1.29, 1.82) is 0 Å². The molecule has 0 radical (unpaired) electrons. The van der Waals surface area contributed by atoms with Gasteiger partial charge >= 0.3 is 0 Å². The third-order valence-electron chi connectivity index (χ3n) is 12.9. The van der Waals surface area contributed by atoms with E-state index in [2.05, 4.69) is 27.7 Å². The molecule has 314 valence electrons. The van der Waals surface area contributed by atoms with Crippen LogP contribution < -0.4 is 0 Å². The molecule has 0 saturated carbocycles. The molecular formula is C53H102. The van der Waals surface area contributed by atoms with Crippen LogP contribution in [0.1, 0.15) is 317 Å². The summed E-state index contributed by atoms with van der Waals surface area (Å²) in [5, 5.41) is 0. The highest BCUT2D eigenvalue weighted by Gasteiger charge is 2.23. The zero-order valence-corrected chi connectivity index (χ0v) is 37.8. The van der Waals surface area contributed by atoms with Gasteiger partial charge in [-0.05, 0) is 68.9 Å². The minimum atomic E-state index is 1.37. The Hall–Kier alpha value is -0.520. The van der Waals surface area contributed by atoms with E-state index in [0.29, 0.717) is 0 Å². The van der Waals surface area contributed by atoms with E-state index in [0.717, 1.165) is 0 Å². The molecule has 0 bridgehead atoms. The highest BCUT2D eigenvalue weighted by molar-refractivity contribution is 5.47. The summed E-state index contributed by atoms with van der Waals surface area (Å²) in [5.41, 5.74) is 7.67. The summed E-state index contributed by atoms with van der Waals surface area (Å²) in [5.74, 6) is 0. The van der Waals surface area contributed by atoms with E-state index in [1.54, 1.807) is 0 Å². The van der Waals surface area contributed by atoms with Crippen molar-refractivity contribution < 1.29 is 0 Å². The molecule has 1 rings (SSSR count). The zero-order chi connectivity index (χ0) is 38.1. The SMILES string of the molecule is CCCCCCCCCCCCC1=C(CCCCCCCCCCCC)C(CCCCCCCCCCCC)=C(CCCCCCCCCCCC)C1. The van der Waals surface area contributed by atoms with Crippen LogP contribution >= 0.6 is 0 Å². The zero-order valence-electron chi connectivity index (χ0n) is 37.8. The van der Waals surface area contributed by atoms with Crippen LogP contribution in [0.5, 0.6) is 0 Å². The number of hydrogen-bond acceptors (Lipinski definition) is 0. The fraction of sp³-hybridized carbons (Fsp3) is 0.925. The van der Waals surface area contributed by atoms with Crippen LogP contribution in [0.3, 0.4) is 0 Å². The highest BCUT2D eigenvalue weighted by Crippen LogP contribution is 2.42. The van der Waals surface area contributed by atoms with Gasteiger partial charge < -0.3 is 0 Å². The molecule has 0 unspecified atom stereocenters. The monoisotopic (exact) mass is 739 g/mol. The molecule has 53 heavy (non-hydrogen) atoms. The first-order chi connectivity index (χ1) is 26.3. The lowest BCUT2D eigenvalue weighted by Gasteiger charge is -2.14. The predicted octanol–water partition coefficient (Wildman–Crippen LogP) is 20.2. The van der Waals surface area contributed by atoms with Crippen molar-refractivity contribution in [1.82, 2.24) is 0 Å². The van der Waals surface area contributed by atoms with Crippen molar-refractivity contribution in [3.63, 3.8) is 0 Å². The molecule has 0 saturated heterocycles. The van der Waals surface area contributed by atoms with E-state index in [4.69, 9.17) is 0 Å². The predicted molar refractivity (Wildman–Crippen MR) is 245 cm³/mol. The van der Waals surface area contributed by atoms with E-state index in [1.165, 1.54) is 289 Å². The molecule has 0 aromatic heterocycles. The molecule has 0 aliphatic heterocycles. The third kappa shape index (κ3) is 31.3. The Balaban J connectivity index is 2.72. The summed E-state index contributed by atoms with van der Waals surface area (Å²) in [7, 11) is 0. The largest absolute Gasteiger partial charge is 0.0654 e. The van der Waals surface area contributed by atoms with Crippen LogP contribution in [0.4, 0.5) is 0 Å². The Kier molecular flexibility index (Phi) is 39.2. The lowest BCUT2D eigenvalue weighted by atomic mass is 9.91. The van der Waals surface area contributed by atoms with Crippen LogP contribution in [0.2, 0.25) is 0 Å². The van der Waals surface area contributed by atoms with Gasteiger partial charge in [0.25, 0.3) is 0 Å². The van der Waals surface area contributed by atoms with Crippen LogP contribution in [0, 0.1) is 0 Å². The second-order valence-electron chi connectivity index (χ2n) is 18.1. The molecule has 0 atom stereocenters. The minimum absolute atomic E-state index is 1.37. The summed E-state index contributed by atoms with van der Waals surface area (Å²) in [6.45, 7) is 9.34. The fourth-order valence-electron chi connectivity index (χ4n) is 9.26. The lowest BCUT2D eigenvalue weighted by molar-refractivity contribution is 0.550. The van der Waals surface area contributed by atoms with Crippen LogP contribution in [0.25, 0.3) is 0 Å². The van der Waals surface area contributed by atoms with E-state index < -0.39 is 0 Å². The Morgan fingerprint density at radius 3 is 0.585 bits per heavy atom. The number of rotatable bonds is 44. The van der Waals surface area contributed by atoms with E-state index in [-0.39, 0.29) is 0 Å². The van der Waals surface area contributed by atoms with Crippen molar-refractivity contribution in [3.8, 4) is 0 Å². The first-order valence-corrected chi connectivity index (χ1v) is 25.7. The van der Waals surface area contributed by atoms with Gasteiger partial charge in [0.05, 0.1) is 0 Å². The topological polar surface area (TPSA) is 0 Å². The van der Waals surface area contributed by atoms with E-state index in [9.17, 15) is 0 Å². The second-order valence-corrected chi connectivity index (χ2v) is 18.1. The van der Waals surface area contributed by atoms with Crippen molar-refractivity contribution in [2.24, 2.45) is 0 Å². The van der Waals surface area contributed by atoms with Crippen molar-refractivity contribution >= 4 is 0 Å². The van der Waals surface area contributed by atoms with Gasteiger partial charge in [0.15, 0.2) is 0 Å². The van der Waals surface area contributed by atoms with Crippen molar-refractivity contribution in [3.05, 3.63) is 22.3 Å². The Labute approximate surface area is 337 Å². The summed E-state index contributed by atoms with van der Waals surface area (Å²) in [6, 6.07) is 0. The number of allylic oxidation sites excluding steroid dienone is 4. The highest BCUT2D eigenvalue weighted by atomic mass is 14.3. The molecule has 1 aliphatic rings. The maximum atomic E-state index is 2.33. The second kappa shape index (κ2) is 41.1. The molecule has 0 aromatic carbocycles. The average Bonchev–Trinajstić information content (AvgIpc) is 3.49. The molecule has 0 heteroatoms. The van der Waals surface area contributed by atoms with Gasteiger partial charge in [-0.2, -0.15) is 0 Å². The lowest BCUT2D eigenvalue weighted by Crippen LogP contribution is -1.95. The van der Waals surface area contributed by atoms with Crippen LogP contribution in [-0.4, -0.2) is 0 Å². The molecule has 0 nitrogen and oxygen atoms in total. The van der Waals surface area contributed by atoms with Gasteiger partial charge in [-0.3, -0.25) is 0 Å². The van der Waals surface area contributed by atoms with Crippen molar-refractivity contribution in [2.45, 2.75) is 317 Å². The third-order valence-corrected chi connectivity index (χ3v) is 12.9. The van der Waals surface area contributed by atoms with Crippen LogP contribution in [-0.2, 0) is 0 Å². The quantitative estimate of drug-likeness (QED) is 0.0546. The average molecular weight is 739 g/mol. The summed E-state index contributed by atoms with van der Waals surface area (Å²) < 4.78 is 0. The smallest absolute Gasteiger partial charge is 0.00966 e. The Bertz CT molecular complexity index is 731. The van der Waals surface area contributed by atoms with Gasteiger partial charge in [0.1, 0.15) is 0 Å². The summed E-state index contributed by atoms with van der Waals surface area (Å²) in [4.78, 5) is 0. The molecule has 0 N–H and O–H groups in total. The maximum Gasteiger partial charge on any atom is -0.00966 e. The fourth-order valence-corrected chi connectivity index (χ4v) is 9.26. The van der Waals surface area contributed by atoms with E-state index >= 15 is 0 Å². The molecule has 0 spiro atoms. The van der Waals surface area contributed by atoms with Gasteiger partial charge in [-0.1, -0.05) is 270 Å². The molecule has 0 heterocycles. The molecule has 0 amide bonds. The number of hydrogen-bond donors (Lipinski definition) is 0. The van der Waals surface area contributed by atoms with Crippen LogP contribution in [0.15, 0.2) is 22.3 Å². The Morgan fingerprint density at radius 1 is 0.208 bits per heavy atom.